The molecule has 0 aromatic heterocycles. The molecule has 0 amide bonds. The van der Waals surface area contributed by atoms with E-state index in [2.05, 4.69) is 4.84 Å². The van der Waals surface area contributed by atoms with Crippen molar-refractivity contribution in [3.63, 3.8) is 0 Å². The fourth-order valence-electron chi connectivity index (χ4n) is 1.75. The zero-order valence-electron chi connectivity index (χ0n) is 7.66. The molecule has 1 aromatic rings. The van der Waals surface area contributed by atoms with E-state index in [0.29, 0.717) is 11.6 Å². The summed E-state index contributed by atoms with van der Waals surface area (Å²) in [5.74, 6) is 5.22. The second kappa shape index (κ2) is 3.42. The van der Waals surface area contributed by atoms with Crippen LogP contribution in [-0.4, -0.2) is 11.7 Å². The normalized spacial score (nSPS) is 18.1. The number of halogens is 1. The lowest BCUT2D eigenvalue weighted by Crippen LogP contribution is -2.18. The van der Waals surface area contributed by atoms with Crippen molar-refractivity contribution in [2.24, 2.45) is 5.90 Å². The molecule has 3 N–H and O–H groups in total. The average Bonchev–Trinajstić information content (AvgIpc) is 2.91. The summed E-state index contributed by atoms with van der Waals surface area (Å²) < 4.78 is 0. The molecule has 0 saturated heterocycles. The van der Waals surface area contributed by atoms with Crippen molar-refractivity contribution in [2.45, 2.75) is 18.3 Å². The maximum atomic E-state index is 9.77. The van der Waals surface area contributed by atoms with Crippen molar-refractivity contribution in [3.05, 3.63) is 28.8 Å². The SMILES string of the molecule is NOCC1(c2cccc(Cl)c2O)CC1. The van der Waals surface area contributed by atoms with E-state index in [1.165, 1.54) is 0 Å². The van der Waals surface area contributed by atoms with Crippen LogP contribution in [0.15, 0.2) is 18.2 Å². The molecule has 0 atom stereocenters. The molecule has 76 valence electrons. The van der Waals surface area contributed by atoms with Crippen molar-refractivity contribution in [1.82, 2.24) is 0 Å². The molecule has 0 aliphatic heterocycles. The van der Waals surface area contributed by atoms with Gasteiger partial charge in [-0.1, -0.05) is 23.7 Å². The first-order valence-electron chi connectivity index (χ1n) is 4.49. The molecule has 1 aromatic carbocycles. The zero-order valence-corrected chi connectivity index (χ0v) is 8.42. The smallest absolute Gasteiger partial charge is 0.138 e. The molecule has 3 nitrogen and oxygen atoms in total. The minimum absolute atomic E-state index is 0.107. The first-order valence-corrected chi connectivity index (χ1v) is 4.87. The van der Waals surface area contributed by atoms with Crippen molar-refractivity contribution in [3.8, 4) is 5.75 Å². The van der Waals surface area contributed by atoms with Crippen LogP contribution in [0.3, 0.4) is 0 Å². The minimum Gasteiger partial charge on any atom is -0.506 e. The van der Waals surface area contributed by atoms with E-state index >= 15 is 0 Å². The van der Waals surface area contributed by atoms with E-state index < -0.39 is 0 Å². The third-order valence-electron chi connectivity index (χ3n) is 2.77. The maximum absolute atomic E-state index is 9.77. The number of hydrogen-bond donors (Lipinski definition) is 2. The van der Waals surface area contributed by atoms with Gasteiger partial charge in [-0.25, -0.2) is 5.90 Å². The van der Waals surface area contributed by atoms with Gasteiger partial charge in [0, 0.05) is 11.0 Å². The van der Waals surface area contributed by atoms with Gasteiger partial charge in [-0.15, -0.1) is 0 Å². The Morgan fingerprint density at radius 2 is 2.21 bits per heavy atom. The second-order valence-electron chi connectivity index (χ2n) is 3.73. The molecule has 2 rings (SSSR count). The molecular weight excluding hydrogens is 202 g/mol. The molecule has 0 radical (unpaired) electrons. The van der Waals surface area contributed by atoms with Crippen LogP contribution >= 0.6 is 11.6 Å². The quantitative estimate of drug-likeness (QED) is 0.755. The molecular formula is C10H12ClNO2. The van der Waals surface area contributed by atoms with Crippen LogP contribution in [0.25, 0.3) is 0 Å². The summed E-state index contributed by atoms with van der Waals surface area (Å²) in [5, 5.41) is 10.2. The molecule has 4 heteroatoms. The Morgan fingerprint density at radius 1 is 1.50 bits per heavy atom. The number of hydrogen-bond acceptors (Lipinski definition) is 3. The van der Waals surface area contributed by atoms with Crippen LogP contribution in [-0.2, 0) is 10.3 Å². The van der Waals surface area contributed by atoms with Crippen LogP contribution in [0.4, 0.5) is 0 Å². The maximum Gasteiger partial charge on any atom is 0.138 e. The lowest BCUT2D eigenvalue weighted by Gasteiger charge is -2.15. The topological polar surface area (TPSA) is 55.5 Å². The van der Waals surface area contributed by atoms with Gasteiger partial charge in [0.05, 0.1) is 11.6 Å². The third kappa shape index (κ3) is 1.47. The summed E-state index contributed by atoms with van der Waals surface area (Å²) in [6.45, 7) is 0.431. The first kappa shape index (κ1) is 9.77. The van der Waals surface area contributed by atoms with Gasteiger partial charge >= 0.3 is 0 Å². The van der Waals surface area contributed by atoms with E-state index in [4.69, 9.17) is 17.5 Å². The summed E-state index contributed by atoms with van der Waals surface area (Å²) in [5.41, 5.74) is 0.736. The molecule has 0 unspecified atom stereocenters. The Balaban J connectivity index is 2.37. The summed E-state index contributed by atoms with van der Waals surface area (Å²) >= 11 is 5.83. The van der Waals surface area contributed by atoms with Crippen molar-refractivity contribution < 1.29 is 9.94 Å². The molecule has 0 bridgehead atoms. The molecule has 1 aliphatic carbocycles. The van der Waals surface area contributed by atoms with Gasteiger partial charge in [-0.05, 0) is 18.9 Å². The number of phenolic OH excluding ortho intramolecular Hbond substituents is 1. The number of rotatable bonds is 3. The van der Waals surface area contributed by atoms with E-state index in [-0.39, 0.29) is 11.2 Å². The van der Waals surface area contributed by atoms with Crippen molar-refractivity contribution in [2.75, 3.05) is 6.61 Å². The lowest BCUT2D eigenvalue weighted by molar-refractivity contribution is 0.115. The van der Waals surface area contributed by atoms with Gasteiger partial charge in [0.2, 0.25) is 0 Å². The molecule has 14 heavy (non-hydrogen) atoms. The van der Waals surface area contributed by atoms with Gasteiger partial charge in [-0.3, -0.25) is 0 Å². The van der Waals surface area contributed by atoms with Crippen LogP contribution < -0.4 is 5.90 Å². The van der Waals surface area contributed by atoms with E-state index in [9.17, 15) is 5.11 Å². The fraction of sp³-hybridized carbons (Fsp3) is 0.400. The third-order valence-corrected chi connectivity index (χ3v) is 3.08. The summed E-state index contributed by atoms with van der Waals surface area (Å²) in [6, 6.07) is 5.36. The first-order chi connectivity index (χ1) is 6.69. The highest BCUT2D eigenvalue weighted by Crippen LogP contribution is 2.52. The Labute approximate surface area is 87.4 Å². The lowest BCUT2D eigenvalue weighted by atomic mass is 9.96. The Bertz CT molecular complexity index is 350. The Kier molecular flexibility index (Phi) is 2.39. The standard InChI is InChI=1S/C10H12ClNO2/c11-8-3-1-2-7(9(8)13)10(4-5-10)6-14-12/h1-3,13H,4-6,12H2. The predicted molar refractivity (Wildman–Crippen MR) is 54.2 cm³/mol. The fourth-order valence-corrected chi connectivity index (χ4v) is 1.92. The van der Waals surface area contributed by atoms with Gasteiger partial charge < -0.3 is 9.94 Å². The van der Waals surface area contributed by atoms with Crippen LogP contribution in [0.2, 0.25) is 5.02 Å². The number of aromatic hydroxyl groups is 1. The number of phenols is 1. The summed E-state index contributed by atoms with van der Waals surface area (Å²) in [6.07, 6.45) is 1.97. The monoisotopic (exact) mass is 213 g/mol. The van der Waals surface area contributed by atoms with E-state index in [1.54, 1.807) is 6.07 Å². The van der Waals surface area contributed by atoms with Gasteiger partial charge in [0.15, 0.2) is 0 Å². The summed E-state index contributed by atoms with van der Waals surface area (Å²) in [7, 11) is 0. The zero-order chi connectivity index (χ0) is 10.2. The van der Waals surface area contributed by atoms with Gasteiger partial charge in [0.1, 0.15) is 5.75 Å². The highest BCUT2D eigenvalue weighted by atomic mass is 35.5. The second-order valence-corrected chi connectivity index (χ2v) is 4.13. The highest BCUT2D eigenvalue weighted by molar-refractivity contribution is 6.32. The molecule has 1 saturated carbocycles. The largest absolute Gasteiger partial charge is 0.506 e. The summed E-state index contributed by atoms with van der Waals surface area (Å²) in [4.78, 5) is 4.66. The van der Waals surface area contributed by atoms with Crippen molar-refractivity contribution in [1.29, 1.82) is 0 Å². The van der Waals surface area contributed by atoms with Gasteiger partial charge in [0.25, 0.3) is 0 Å². The highest BCUT2D eigenvalue weighted by Gasteiger charge is 2.46. The average molecular weight is 214 g/mol. The van der Waals surface area contributed by atoms with Crippen LogP contribution in [0, 0.1) is 0 Å². The number of para-hydroxylation sites is 1. The predicted octanol–water partition coefficient (Wildman–Crippen LogP) is 1.97. The number of nitrogens with two attached hydrogens (primary N) is 1. The molecule has 0 spiro atoms. The minimum atomic E-state index is -0.107. The van der Waals surface area contributed by atoms with Crippen LogP contribution in [0.5, 0.6) is 5.75 Å². The molecule has 1 fully saturated rings. The molecule has 0 heterocycles. The van der Waals surface area contributed by atoms with Crippen LogP contribution in [0.1, 0.15) is 18.4 Å². The number of benzene rings is 1. The van der Waals surface area contributed by atoms with E-state index in [1.807, 2.05) is 12.1 Å². The van der Waals surface area contributed by atoms with Gasteiger partial charge in [-0.2, -0.15) is 0 Å². The Morgan fingerprint density at radius 3 is 2.79 bits per heavy atom. The van der Waals surface area contributed by atoms with Crippen molar-refractivity contribution >= 4 is 11.6 Å². The Hall–Kier alpha value is -0.770. The molecule has 1 aliphatic rings. The van der Waals surface area contributed by atoms with E-state index in [0.717, 1.165) is 18.4 Å².